The molecule has 0 N–H and O–H groups in total. The molecule has 3 aromatic rings. The Morgan fingerprint density at radius 3 is 2.79 bits per heavy atom. The summed E-state index contributed by atoms with van der Waals surface area (Å²) in [6.07, 6.45) is 4.00. The van der Waals surface area contributed by atoms with Gasteiger partial charge in [-0.05, 0) is 42.5 Å². The predicted octanol–water partition coefficient (Wildman–Crippen LogP) is 4.99. The van der Waals surface area contributed by atoms with E-state index in [9.17, 15) is 0 Å². The number of benzene rings is 2. The Hall–Kier alpha value is -3.05. The minimum absolute atomic E-state index is 0.0572. The van der Waals surface area contributed by atoms with Crippen molar-refractivity contribution in [1.29, 1.82) is 0 Å². The molecule has 0 radical (unpaired) electrons. The van der Waals surface area contributed by atoms with E-state index < -0.39 is 0 Å². The van der Waals surface area contributed by atoms with Gasteiger partial charge in [0.1, 0.15) is 11.5 Å². The molecule has 6 heteroatoms. The number of methoxy groups -OCH3 is 1. The molecule has 0 saturated heterocycles. The Labute approximate surface area is 168 Å². The molecule has 0 bridgehead atoms. The van der Waals surface area contributed by atoms with Crippen molar-refractivity contribution >= 4 is 17.3 Å². The van der Waals surface area contributed by atoms with E-state index in [1.54, 1.807) is 19.5 Å². The van der Waals surface area contributed by atoms with E-state index in [0.29, 0.717) is 5.02 Å². The van der Waals surface area contributed by atoms with Crippen LogP contribution < -0.4 is 9.47 Å². The quantitative estimate of drug-likeness (QED) is 0.631. The van der Waals surface area contributed by atoms with Gasteiger partial charge < -0.3 is 9.47 Å². The molecule has 2 atom stereocenters. The van der Waals surface area contributed by atoms with E-state index in [4.69, 9.17) is 26.2 Å². The molecule has 1 aromatic heterocycles. The molecule has 0 fully saturated rings. The van der Waals surface area contributed by atoms with Gasteiger partial charge in [-0.3, -0.25) is 4.98 Å². The van der Waals surface area contributed by atoms with Gasteiger partial charge in [0, 0.05) is 40.5 Å². The van der Waals surface area contributed by atoms with Crippen molar-refractivity contribution < 1.29 is 9.47 Å². The Kier molecular flexibility index (Phi) is 4.17. The number of halogens is 1. The molecular formula is C22H18ClN3O2. The highest BCUT2D eigenvalue weighted by Crippen LogP contribution is 2.48. The summed E-state index contributed by atoms with van der Waals surface area (Å²) < 4.78 is 11.7. The summed E-state index contributed by atoms with van der Waals surface area (Å²) in [6, 6.07) is 17.7. The standard InChI is InChI=1S/C22H18ClN3O2/c1-27-17-4-2-3-15(11-17)19-13-20-18-12-16(23)5-6-21(18)28-22(26(20)25-19)14-7-9-24-10-8-14/h2-12,20,22H,13H2,1H3/t20-,22+/m1/s1. The van der Waals surface area contributed by atoms with Gasteiger partial charge in [-0.2, -0.15) is 5.10 Å². The van der Waals surface area contributed by atoms with Crippen LogP contribution in [0.1, 0.15) is 35.4 Å². The highest BCUT2D eigenvalue weighted by molar-refractivity contribution is 6.30. The SMILES string of the molecule is COc1cccc(C2=NN3[C@H](C2)c2cc(Cl)ccc2O[C@H]3c2ccncc2)c1. The van der Waals surface area contributed by atoms with Crippen LogP contribution in [-0.4, -0.2) is 22.8 Å². The van der Waals surface area contributed by atoms with Crippen LogP contribution >= 0.6 is 11.6 Å². The van der Waals surface area contributed by atoms with Crippen molar-refractivity contribution in [2.45, 2.75) is 18.7 Å². The van der Waals surface area contributed by atoms with Gasteiger partial charge in [0.2, 0.25) is 6.23 Å². The number of pyridine rings is 1. The molecule has 2 aliphatic heterocycles. The fourth-order valence-corrected chi connectivity index (χ4v) is 3.96. The smallest absolute Gasteiger partial charge is 0.213 e. The van der Waals surface area contributed by atoms with E-state index in [1.165, 1.54) is 0 Å². The zero-order valence-electron chi connectivity index (χ0n) is 15.2. The van der Waals surface area contributed by atoms with Crippen LogP contribution in [0.2, 0.25) is 5.02 Å². The van der Waals surface area contributed by atoms with Crippen molar-refractivity contribution in [2.24, 2.45) is 5.10 Å². The third-order valence-electron chi connectivity index (χ3n) is 5.15. The number of hydrogen-bond acceptors (Lipinski definition) is 5. The number of ether oxygens (including phenoxy) is 2. The average Bonchev–Trinajstić information content (AvgIpc) is 3.20. The van der Waals surface area contributed by atoms with Crippen molar-refractivity contribution in [1.82, 2.24) is 9.99 Å². The first-order valence-electron chi connectivity index (χ1n) is 9.09. The Morgan fingerprint density at radius 2 is 1.96 bits per heavy atom. The molecule has 140 valence electrons. The second-order valence-electron chi connectivity index (χ2n) is 6.81. The molecule has 2 aromatic carbocycles. The van der Waals surface area contributed by atoms with Crippen molar-refractivity contribution in [3.63, 3.8) is 0 Å². The van der Waals surface area contributed by atoms with Gasteiger partial charge in [0.25, 0.3) is 0 Å². The largest absolute Gasteiger partial charge is 0.497 e. The molecular weight excluding hydrogens is 374 g/mol. The van der Waals surface area contributed by atoms with Crippen LogP contribution in [0.5, 0.6) is 11.5 Å². The lowest BCUT2D eigenvalue weighted by Gasteiger charge is -2.38. The van der Waals surface area contributed by atoms with Gasteiger partial charge >= 0.3 is 0 Å². The van der Waals surface area contributed by atoms with Crippen LogP contribution in [0.25, 0.3) is 0 Å². The molecule has 0 amide bonds. The molecule has 5 rings (SSSR count). The maximum absolute atomic E-state index is 6.32. The second-order valence-corrected chi connectivity index (χ2v) is 7.25. The molecule has 0 saturated carbocycles. The summed E-state index contributed by atoms with van der Waals surface area (Å²) >= 11 is 6.28. The molecule has 5 nitrogen and oxygen atoms in total. The summed E-state index contributed by atoms with van der Waals surface area (Å²) in [4.78, 5) is 4.12. The zero-order valence-corrected chi connectivity index (χ0v) is 16.0. The minimum Gasteiger partial charge on any atom is -0.497 e. The fourth-order valence-electron chi connectivity index (χ4n) is 3.78. The maximum atomic E-state index is 6.32. The fraction of sp³-hybridized carbons (Fsp3) is 0.182. The third kappa shape index (κ3) is 2.88. The summed E-state index contributed by atoms with van der Waals surface area (Å²) in [5.41, 5.74) is 4.11. The molecule has 0 spiro atoms. The lowest BCUT2D eigenvalue weighted by atomic mass is 9.96. The zero-order chi connectivity index (χ0) is 19.1. The van der Waals surface area contributed by atoms with Crippen molar-refractivity contribution in [3.8, 4) is 11.5 Å². The van der Waals surface area contributed by atoms with Crippen LogP contribution in [0.3, 0.4) is 0 Å². The minimum atomic E-state index is -0.315. The molecule has 3 heterocycles. The first-order valence-corrected chi connectivity index (χ1v) is 9.47. The summed E-state index contributed by atoms with van der Waals surface area (Å²) in [7, 11) is 1.67. The van der Waals surface area contributed by atoms with Gasteiger partial charge in [-0.15, -0.1) is 0 Å². The second kappa shape index (κ2) is 6.84. The number of nitrogens with zero attached hydrogens (tertiary/aromatic N) is 3. The highest BCUT2D eigenvalue weighted by atomic mass is 35.5. The van der Waals surface area contributed by atoms with E-state index in [1.807, 2.05) is 53.5 Å². The van der Waals surface area contributed by atoms with E-state index in [-0.39, 0.29) is 12.3 Å². The molecule has 0 aliphatic carbocycles. The molecule has 0 unspecified atom stereocenters. The topological polar surface area (TPSA) is 47.0 Å². The lowest BCUT2D eigenvalue weighted by molar-refractivity contribution is -0.0190. The van der Waals surface area contributed by atoms with Gasteiger partial charge in [-0.25, -0.2) is 5.01 Å². The summed E-state index contributed by atoms with van der Waals surface area (Å²) in [5, 5.41) is 7.67. The monoisotopic (exact) mass is 391 g/mol. The highest BCUT2D eigenvalue weighted by Gasteiger charge is 2.41. The first kappa shape index (κ1) is 17.1. The maximum Gasteiger partial charge on any atom is 0.213 e. The Bertz CT molecular complexity index is 1050. The molecule has 2 aliphatic rings. The van der Waals surface area contributed by atoms with E-state index >= 15 is 0 Å². The average molecular weight is 392 g/mol. The van der Waals surface area contributed by atoms with Crippen molar-refractivity contribution in [2.75, 3.05) is 7.11 Å². The number of rotatable bonds is 3. The van der Waals surface area contributed by atoms with Gasteiger partial charge in [0.15, 0.2) is 0 Å². The first-order chi connectivity index (χ1) is 13.7. The number of hydrazone groups is 1. The van der Waals surface area contributed by atoms with E-state index in [2.05, 4.69) is 11.1 Å². The number of aromatic nitrogens is 1. The predicted molar refractivity (Wildman–Crippen MR) is 108 cm³/mol. The Balaban J connectivity index is 1.60. The van der Waals surface area contributed by atoms with Crippen LogP contribution in [0.4, 0.5) is 0 Å². The van der Waals surface area contributed by atoms with Gasteiger partial charge in [0.05, 0.1) is 18.9 Å². The third-order valence-corrected chi connectivity index (χ3v) is 5.38. The van der Waals surface area contributed by atoms with Crippen molar-refractivity contribution in [3.05, 3.63) is 88.7 Å². The summed E-state index contributed by atoms with van der Waals surface area (Å²) in [6.45, 7) is 0. The normalized spacial score (nSPS) is 20.1. The van der Waals surface area contributed by atoms with Crippen LogP contribution in [-0.2, 0) is 0 Å². The summed E-state index contributed by atoms with van der Waals surface area (Å²) in [5.74, 6) is 1.66. The van der Waals surface area contributed by atoms with E-state index in [0.717, 1.165) is 40.3 Å². The van der Waals surface area contributed by atoms with Gasteiger partial charge in [-0.1, -0.05) is 23.7 Å². The lowest BCUT2D eigenvalue weighted by Crippen LogP contribution is -2.33. The van der Waals surface area contributed by atoms with Crippen LogP contribution in [0.15, 0.2) is 72.1 Å². The number of fused-ring (bicyclic) bond motifs is 3. The molecule has 28 heavy (non-hydrogen) atoms. The van der Waals surface area contributed by atoms with Crippen LogP contribution in [0, 0.1) is 0 Å². The Morgan fingerprint density at radius 1 is 1.11 bits per heavy atom. The number of hydrogen-bond donors (Lipinski definition) is 0.